The molecule has 0 aromatic carbocycles. The minimum Gasteiger partial charge on any atom is -0.381 e. The van der Waals surface area contributed by atoms with Crippen LogP contribution in [-0.4, -0.2) is 13.2 Å². The van der Waals surface area contributed by atoms with Gasteiger partial charge in [-0.2, -0.15) is 0 Å². The van der Waals surface area contributed by atoms with E-state index in [4.69, 9.17) is 4.74 Å². The highest BCUT2D eigenvalue weighted by Crippen LogP contribution is 2.06. The largest absolute Gasteiger partial charge is 0.381 e. The van der Waals surface area contributed by atoms with Crippen molar-refractivity contribution < 1.29 is 4.74 Å². The summed E-state index contributed by atoms with van der Waals surface area (Å²) in [6.45, 7) is 5.92. The maximum Gasteiger partial charge on any atom is 0.0568 e. The Balaban J connectivity index is 3.09. The molecule has 9 heavy (non-hydrogen) atoms. The molecule has 55 valence electrons. The lowest BCUT2D eigenvalue weighted by atomic mass is 10.1. The highest BCUT2D eigenvalue weighted by Gasteiger charge is 2.00. The van der Waals surface area contributed by atoms with Crippen molar-refractivity contribution in [3.8, 4) is 0 Å². The molecule has 0 aliphatic heterocycles. The van der Waals surface area contributed by atoms with Gasteiger partial charge in [0.25, 0.3) is 0 Å². The fourth-order valence-corrected chi connectivity index (χ4v) is 0.861. The monoisotopic (exact) mass is 129 g/mol. The molecule has 0 saturated heterocycles. The van der Waals surface area contributed by atoms with E-state index in [2.05, 4.69) is 13.8 Å². The third-order valence-electron chi connectivity index (χ3n) is 1.56. The molecule has 0 spiro atoms. The molecule has 0 rings (SSSR count). The van der Waals surface area contributed by atoms with E-state index in [0.29, 0.717) is 6.10 Å². The lowest BCUT2D eigenvalue weighted by Crippen LogP contribution is -2.07. The van der Waals surface area contributed by atoms with E-state index in [-0.39, 0.29) is 0 Å². The summed E-state index contributed by atoms with van der Waals surface area (Å²) < 4.78 is 5.17. The second kappa shape index (κ2) is 6.09. The normalized spacial score (nSPS) is 13.7. The summed E-state index contributed by atoms with van der Waals surface area (Å²) in [5.74, 6) is 0. The summed E-state index contributed by atoms with van der Waals surface area (Å²) in [5, 5.41) is 0. The summed E-state index contributed by atoms with van der Waals surface area (Å²) in [4.78, 5) is 0. The predicted molar refractivity (Wildman–Crippen MR) is 40.3 cm³/mol. The molecule has 0 aliphatic rings. The maximum atomic E-state index is 5.17. The zero-order valence-corrected chi connectivity index (χ0v) is 6.52. The lowest BCUT2D eigenvalue weighted by molar-refractivity contribution is 0.0906. The number of hydrogen-bond donors (Lipinski definition) is 0. The molecule has 1 atom stereocenters. The molecule has 0 aromatic rings. The van der Waals surface area contributed by atoms with Crippen LogP contribution in [0.1, 0.15) is 32.6 Å². The maximum absolute atomic E-state index is 5.17. The van der Waals surface area contributed by atoms with Crippen LogP contribution in [0.25, 0.3) is 0 Å². The van der Waals surface area contributed by atoms with E-state index in [0.717, 1.165) is 19.3 Å². The topological polar surface area (TPSA) is 9.23 Å². The number of ether oxygens (including phenoxy) is 1. The molecule has 0 aromatic heterocycles. The van der Waals surface area contributed by atoms with E-state index in [9.17, 15) is 0 Å². The predicted octanol–water partition coefficient (Wildman–Crippen LogP) is 2.42. The van der Waals surface area contributed by atoms with E-state index in [1.54, 1.807) is 7.11 Å². The van der Waals surface area contributed by atoms with Crippen LogP contribution in [0, 0.1) is 6.92 Å². The van der Waals surface area contributed by atoms with Crippen LogP contribution >= 0.6 is 0 Å². The first-order valence-corrected chi connectivity index (χ1v) is 3.67. The summed E-state index contributed by atoms with van der Waals surface area (Å²) in [7, 11) is 1.78. The minimum absolute atomic E-state index is 0.465. The molecule has 1 heteroatoms. The van der Waals surface area contributed by atoms with Gasteiger partial charge < -0.3 is 4.74 Å². The van der Waals surface area contributed by atoms with E-state index >= 15 is 0 Å². The van der Waals surface area contributed by atoms with Crippen LogP contribution in [0.2, 0.25) is 0 Å². The molecule has 1 unspecified atom stereocenters. The molecular formula is C8H17O. The number of rotatable bonds is 5. The Labute approximate surface area is 58.4 Å². The second-order valence-corrected chi connectivity index (χ2v) is 2.26. The molecule has 0 heterocycles. The molecule has 0 amide bonds. The van der Waals surface area contributed by atoms with Gasteiger partial charge in [0.15, 0.2) is 0 Å². The van der Waals surface area contributed by atoms with Crippen LogP contribution in [-0.2, 0) is 4.74 Å². The van der Waals surface area contributed by atoms with Crippen LogP contribution < -0.4 is 0 Å². The Hall–Kier alpha value is -0.0400. The molecular weight excluding hydrogens is 112 g/mol. The Bertz CT molecular complexity index is 48.5. The third-order valence-corrected chi connectivity index (χ3v) is 1.56. The quantitative estimate of drug-likeness (QED) is 0.554. The van der Waals surface area contributed by atoms with E-state index < -0.39 is 0 Å². The molecule has 1 radical (unpaired) electrons. The molecule has 0 saturated carbocycles. The van der Waals surface area contributed by atoms with Crippen molar-refractivity contribution in [2.75, 3.05) is 7.11 Å². The first-order chi connectivity index (χ1) is 4.35. The van der Waals surface area contributed by atoms with E-state index in [1.165, 1.54) is 6.42 Å². The van der Waals surface area contributed by atoms with Gasteiger partial charge in [-0.05, 0) is 12.8 Å². The van der Waals surface area contributed by atoms with Crippen LogP contribution in [0.15, 0.2) is 0 Å². The molecule has 0 N–H and O–H groups in total. The average Bonchev–Trinajstić information content (AvgIpc) is 1.91. The highest BCUT2D eigenvalue weighted by molar-refractivity contribution is 4.54. The van der Waals surface area contributed by atoms with Crippen molar-refractivity contribution in [3.63, 3.8) is 0 Å². The fraction of sp³-hybridized carbons (Fsp3) is 0.875. The summed E-state index contributed by atoms with van der Waals surface area (Å²) in [5.41, 5.74) is 0. The van der Waals surface area contributed by atoms with Crippen LogP contribution in [0.4, 0.5) is 0 Å². The van der Waals surface area contributed by atoms with Gasteiger partial charge in [0.1, 0.15) is 0 Å². The second-order valence-electron chi connectivity index (χ2n) is 2.26. The van der Waals surface area contributed by atoms with Gasteiger partial charge in [-0.3, -0.25) is 0 Å². The third kappa shape index (κ3) is 4.46. The van der Waals surface area contributed by atoms with Gasteiger partial charge in [-0.15, -0.1) is 0 Å². The van der Waals surface area contributed by atoms with Gasteiger partial charge in [-0.1, -0.05) is 26.7 Å². The Kier molecular flexibility index (Phi) is 6.06. The van der Waals surface area contributed by atoms with Crippen LogP contribution in [0.3, 0.4) is 0 Å². The van der Waals surface area contributed by atoms with Crippen molar-refractivity contribution in [1.82, 2.24) is 0 Å². The van der Waals surface area contributed by atoms with Gasteiger partial charge in [0.2, 0.25) is 0 Å². The van der Waals surface area contributed by atoms with Crippen molar-refractivity contribution in [2.45, 2.75) is 38.7 Å². The van der Waals surface area contributed by atoms with Crippen molar-refractivity contribution in [3.05, 3.63) is 6.92 Å². The number of methoxy groups -OCH3 is 1. The highest BCUT2D eigenvalue weighted by atomic mass is 16.5. The lowest BCUT2D eigenvalue weighted by Gasteiger charge is -2.10. The fourth-order valence-electron chi connectivity index (χ4n) is 0.861. The Morgan fingerprint density at radius 3 is 2.56 bits per heavy atom. The minimum atomic E-state index is 0.465. The van der Waals surface area contributed by atoms with Crippen molar-refractivity contribution in [2.24, 2.45) is 0 Å². The average molecular weight is 129 g/mol. The molecule has 0 bridgehead atoms. The summed E-state index contributed by atoms with van der Waals surface area (Å²) in [6.07, 6.45) is 4.96. The number of unbranched alkanes of at least 4 members (excludes halogenated alkanes) is 1. The first-order valence-electron chi connectivity index (χ1n) is 3.67. The van der Waals surface area contributed by atoms with Gasteiger partial charge >= 0.3 is 0 Å². The zero-order valence-electron chi connectivity index (χ0n) is 6.52. The number of hydrogen-bond acceptors (Lipinski definition) is 1. The first kappa shape index (κ1) is 8.96. The van der Waals surface area contributed by atoms with Crippen molar-refractivity contribution in [1.29, 1.82) is 0 Å². The molecule has 0 aliphatic carbocycles. The molecule has 0 fully saturated rings. The summed E-state index contributed by atoms with van der Waals surface area (Å²) in [6, 6.07) is 0. The van der Waals surface area contributed by atoms with Crippen LogP contribution in [0.5, 0.6) is 0 Å². The standard InChI is InChI=1S/C8H17O/c1-4-6-7-8(5-2)9-3/h8H,1,4-7H2,2-3H3. The van der Waals surface area contributed by atoms with Gasteiger partial charge in [0, 0.05) is 7.11 Å². The van der Waals surface area contributed by atoms with Crippen molar-refractivity contribution >= 4 is 0 Å². The summed E-state index contributed by atoms with van der Waals surface area (Å²) >= 11 is 0. The van der Waals surface area contributed by atoms with Gasteiger partial charge in [0.05, 0.1) is 6.10 Å². The Morgan fingerprint density at radius 1 is 1.56 bits per heavy atom. The SMILES string of the molecule is [CH2]CCCC(CC)OC. The smallest absolute Gasteiger partial charge is 0.0568 e. The molecule has 1 nitrogen and oxygen atoms in total. The Morgan fingerprint density at radius 2 is 2.22 bits per heavy atom. The van der Waals surface area contributed by atoms with Gasteiger partial charge in [-0.25, -0.2) is 0 Å². The zero-order chi connectivity index (χ0) is 7.11. The van der Waals surface area contributed by atoms with E-state index in [1.807, 2.05) is 0 Å².